The highest BCUT2D eigenvalue weighted by molar-refractivity contribution is 5.59. The van der Waals surface area contributed by atoms with Crippen molar-refractivity contribution in [1.29, 1.82) is 0 Å². The third-order valence-corrected chi connectivity index (χ3v) is 2.34. The Morgan fingerprint density at radius 3 is 2.94 bits per heavy atom. The zero-order valence-electron chi connectivity index (χ0n) is 9.02. The van der Waals surface area contributed by atoms with Crippen molar-refractivity contribution < 1.29 is 4.39 Å². The molecule has 16 heavy (non-hydrogen) atoms. The fourth-order valence-electron chi connectivity index (χ4n) is 1.55. The first-order valence-corrected chi connectivity index (χ1v) is 5.15. The number of nitrogens with two attached hydrogens (primary N) is 1. The Kier molecular flexibility index (Phi) is 2.85. The van der Waals surface area contributed by atoms with Crippen LogP contribution in [0.4, 0.5) is 10.1 Å². The molecule has 1 aromatic carbocycles. The van der Waals surface area contributed by atoms with Crippen molar-refractivity contribution in [2.45, 2.75) is 19.9 Å². The van der Waals surface area contributed by atoms with E-state index in [9.17, 15) is 4.39 Å². The number of aryl methyl sites for hydroxylation is 1. The van der Waals surface area contributed by atoms with Crippen LogP contribution in [-0.2, 0) is 6.54 Å². The number of hydrogen-bond acceptors (Lipinski definition) is 3. The van der Waals surface area contributed by atoms with Crippen molar-refractivity contribution in [3.8, 4) is 11.4 Å². The van der Waals surface area contributed by atoms with Crippen LogP contribution in [0.25, 0.3) is 11.4 Å². The number of aromatic nitrogens is 3. The van der Waals surface area contributed by atoms with Gasteiger partial charge in [0.1, 0.15) is 12.1 Å². The van der Waals surface area contributed by atoms with Crippen molar-refractivity contribution in [3.63, 3.8) is 0 Å². The fraction of sp³-hybridized carbons (Fsp3) is 0.273. The van der Waals surface area contributed by atoms with E-state index in [1.54, 1.807) is 12.4 Å². The summed E-state index contributed by atoms with van der Waals surface area (Å²) in [7, 11) is 0. The Balaban J connectivity index is 2.42. The minimum absolute atomic E-state index is 0.144. The smallest absolute Gasteiger partial charge is 0.163 e. The molecule has 0 radical (unpaired) electrons. The molecular formula is C11H13FN4. The summed E-state index contributed by atoms with van der Waals surface area (Å²) in [6, 6.07) is 4.66. The van der Waals surface area contributed by atoms with Crippen LogP contribution in [0.3, 0.4) is 0 Å². The molecule has 0 spiro atoms. The summed E-state index contributed by atoms with van der Waals surface area (Å²) in [6.07, 6.45) is 2.62. The molecule has 84 valence electrons. The van der Waals surface area contributed by atoms with Crippen LogP contribution in [0.15, 0.2) is 24.5 Å². The lowest BCUT2D eigenvalue weighted by atomic mass is 10.2. The Hall–Kier alpha value is -1.91. The van der Waals surface area contributed by atoms with Gasteiger partial charge >= 0.3 is 0 Å². The molecular weight excluding hydrogens is 207 g/mol. The zero-order valence-corrected chi connectivity index (χ0v) is 9.02. The molecule has 0 atom stereocenters. The average molecular weight is 220 g/mol. The second kappa shape index (κ2) is 4.30. The lowest BCUT2D eigenvalue weighted by Crippen LogP contribution is -1.99. The summed E-state index contributed by atoms with van der Waals surface area (Å²) in [5.74, 6) is 0.240. The third-order valence-electron chi connectivity index (χ3n) is 2.34. The normalized spacial score (nSPS) is 10.6. The van der Waals surface area contributed by atoms with Gasteiger partial charge in [-0.2, -0.15) is 0 Å². The van der Waals surface area contributed by atoms with Crippen LogP contribution < -0.4 is 5.73 Å². The third kappa shape index (κ3) is 1.88. The van der Waals surface area contributed by atoms with Gasteiger partial charge in [-0.3, -0.25) is 0 Å². The number of hydrogen-bond donors (Lipinski definition) is 1. The molecule has 2 rings (SSSR count). The van der Waals surface area contributed by atoms with Gasteiger partial charge in [-0.1, -0.05) is 6.92 Å². The van der Waals surface area contributed by atoms with Crippen LogP contribution in [0, 0.1) is 5.82 Å². The van der Waals surface area contributed by atoms with Crippen molar-refractivity contribution in [3.05, 3.63) is 30.3 Å². The van der Waals surface area contributed by atoms with Crippen LogP contribution >= 0.6 is 0 Å². The first-order chi connectivity index (χ1) is 7.72. The molecule has 1 heterocycles. The highest BCUT2D eigenvalue weighted by Gasteiger charge is 2.08. The zero-order chi connectivity index (χ0) is 11.5. The van der Waals surface area contributed by atoms with E-state index in [1.165, 1.54) is 12.1 Å². The van der Waals surface area contributed by atoms with E-state index in [-0.39, 0.29) is 5.69 Å². The molecule has 5 heteroatoms. The molecule has 2 aromatic rings. The van der Waals surface area contributed by atoms with E-state index in [2.05, 4.69) is 17.1 Å². The van der Waals surface area contributed by atoms with Gasteiger partial charge in [-0.25, -0.2) is 4.39 Å². The summed E-state index contributed by atoms with van der Waals surface area (Å²) in [6.45, 7) is 2.88. The Morgan fingerprint density at radius 1 is 1.44 bits per heavy atom. The quantitative estimate of drug-likeness (QED) is 0.805. The van der Waals surface area contributed by atoms with Crippen LogP contribution in [-0.4, -0.2) is 14.8 Å². The molecule has 0 fully saturated rings. The number of nitrogen functional groups attached to an aromatic ring is 1. The fourth-order valence-corrected chi connectivity index (χ4v) is 1.55. The van der Waals surface area contributed by atoms with Crippen molar-refractivity contribution in [1.82, 2.24) is 14.8 Å². The Morgan fingerprint density at radius 2 is 2.25 bits per heavy atom. The standard InChI is InChI=1S/C11H13FN4/c1-2-5-16-7-14-15-11(16)8-3-4-10(13)9(12)6-8/h3-4,6-7H,2,5,13H2,1H3. The monoisotopic (exact) mass is 220 g/mol. The molecule has 0 aliphatic rings. The van der Waals surface area contributed by atoms with Crippen molar-refractivity contribution in [2.75, 3.05) is 5.73 Å². The first-order valence-electron chi connectivity index (χ1n) is 5.15. The van der Waals surface area contributed by atoms with E-state index < -0.39 is 5.82 Å². The van der Waals surface area contributed by atoms with Crippen molar-refractivity contribution >= 4 is 5.69 Å². The topological polar surface area (TPSA) is 56.7 Å². The molecule has 0 aliphatic carbocycles. The summed E-state index contributed by atoms with van der Waals surface area (Å²) in [5.41, 5.74) is 6.26. The molecule has 1 aromatic heterocycles. The average Bonchev–Trinajstić information content (AvgIpc) is 2.71. The SMILES string of the molecule is CCCn1cnnc1-c1ccc(N)c(F)c1. The number of anilines is 1. The van der Waals surface area contributed by atoms with Gasteiger partial charge in [-0.15, -0.1) is 10.2 Å². The summed E-state index contributed by atoms with van der Waals surface area (Å²) in [5, 5.41) is 7.81. The van der Waals surface area contributed by atoms with E-state index in [1.807, 2.05) is 4.57 Å². The maximum atomic E-state index is 13.3. The Bertz CT molecular complexity index is 492. The maximum Gasteiger partial charge on any atom is 0.163 e. The highest BCUT2D eigenvalue weighted by atomic mass is 19.1. The molecule has 0 saturated heterocycles. The van der Waals surface area contributed by atoms with Crippen LogP contribution in [0.2, 0.25) is 0 Å². The molecule has 4 nitrogen and oxygen atoms in total. The van der Waals surface area contributed by atoms with E-state index in [0.717, 1.165) is 13.0 Å². The van der Waals surface area contributed by atoms with Gasteiger partial charge < -0.3 is 10.3 Å². The number of rotatable bonds is 3. The van der Waals surface area contributed by atoms with Gasteiger partial charge in [0.25, 0.3) is 0 Å². The summed E-state index contributed by atoms with van der Waals surface area (Å²) in [4.78, 5) is 0. The summed E-state index contributed by atoms with van der Waals surface area (Å²) < 4.78 is 15.2. The van der Waals surface area contributed by atoms with Gasteiger partial charge in [0, 0.05) is 12.1 Å². The lowest BCUT2D eigenvalue weighted by molar-refractivity contribution is 0.632. The number of halogens is 1. The second-order valence-electron chi connectivity index (χ2n) is 3.58. The minimum Gasteiger partial charge on any atom is -0.396 e. The van der Waals surface area contributed by atoms with E-state index >= 15 is 0 Å². The molecule has 0 unspecified atom stereocenters. The lowest BCUT2D eigenvalue weighted by Gasteiger charge is -2.05. The number of nitrogens with zero attached hydrogens (tertiary/aromatic N) is 3. The minimum atomic E-state index is -0.427. The highest BCUT2D eigenvalue weighted by Crippen LogP contribution is 2.21. The first kappa shape index (κ1) is 10.6. The van der Waals surface area contributed by atoms with Gasteiger partial charge in [0.2, 0.25) is 0 Å². The molecule has 0 aliphatic heterocycles. The summed E-state index contributed by atoms with van der Waals surface area (Å²) >= 11 is 0. The molecule has 0 amide bonds. The van der Waals surface area contributed by atoms with Gasteiger partial charge in [-0.05, 0) is 24.6 Å². The predicted molar refractivity (Wildman–Crippen MR) is 60.1 cm³/mol. The Labute approximate surface area is 92.9 Å². The molecule has 2 N–H and O–H groups in total. The van der Waals surface area contributed by atoms with E-state index in [4.69, 9.17) is 5.73 Å². The van der Waals surface area contributed by atoms with Crippen LogP contribution in [0.5, 0.6) is 0 Å². The second-order valence-corrected chi connectivity index (χ2v) is 3.58. The van der Waals surface area contributed by atoms with Gasteiger partial charge in [0.05, 0.1) is 5.69 Å². The molecule has 0 bridgehead atoms. The predicted octanol–water partition coefficient (Wildman–Crippen LogP) is 2.08. The maximum absolute atomic E-state index is 13.3. The molecule has 0 saturated carbocycles. The van der Waals surface area contributed by atoms with E-state index in [0.29, 0.717) is 11.4 Å². The van der Waals surface area contributed by atoms with Gasteiger partial charge in [0.15, 0.2) is 5.82 Å². The van der Waals surface area contributed by atoms with Crippen LogP contribution in [0.1, 0.15) is 13.3 Å². The largest absolute Gasteiger partial charge is 0.396 e. The number of benzene rings is 1. The van der Waals surface area contributed by atoms with Crippen molar-refractivity contribution in [2.24, 2.45) is 0 Å².